The first-order chi connectivity index (χ1) is 17.1. The standard InChI is InChI=1S/C33H34N2/c1-5-35(6-2)22-24-14-12-18-28-26-16-8-10-20-30(26)33(32(24)28)29-19-9-7-15-25(29)27-17-11-13-23(31(27)33)21-34(3)4/h7-20H,5-6,21-22H2,1-4H3. The van der Waals surface area contributed by atoms with Crippen molar-refractivity contribution in [1.82, 2.24) is 9.80 Å². The molecule has 6 rings (SSSR count). The highest BCUT2D eigenvalue weighted by atomic mass is 15.1. The highest BCUT2D eigenvalue weighted by Crippen LogP contribution is 2.64. The molecule has 4 aromatic rings. The molecule has 0 radical (unpaired) electrons. The molecule has 1 unspecified atom stereocenters. The van der Waals surface area contributed by atoms with Gasteiger partial charge in [-0.25, -0.2) is 0 Å². The molecule has 2 aliphatic carbocycles. The van der Waals surface area contributed by atoms with Crippen LogP contribution in [-0.4, -0.2) is 37.0 Å². The van der Waals surface area contributed by atoms with Gasteiger partial charge in [-0.05, 0) is 82.8 Å². The lowest BCUT2D eigenvalue weighted by molar-refractivity contribution is 0.294. The third-order valence-electron chi connectivity index (χ3n) is 8.07. The number of benzene rings is 4. The number of fused-ring (bicyclic) bond motifs is 10. The summed E-state index contributed by atoms with van der Waals surface area (Å²) in [7, 11) is 4.35. The molecule has 1 atom stereocenters. The summed E-state index contributed by atoms with van der Waals surface area (Å²) in [5.74, 6) is 0. The molecule has 0 amide bonds. The number of hydrogen-bond acceptors (Lipinski definition) is 2. The molecule has 0 aliphatic heterocycles. The zero-order valence-corrected chi connectivity index (χ0v) is 21.3. The third kappa shape index (κ3) is 3.10. The van der Waals surface area contributed by atoms with Crippen molar-refractivity contribution in [3.05, 3.63) is 118 Å². The van der Waals surface area contributed by atoms with Gasteiger partial charge in [-0.15, -0.1) is 0 Å². The quantitative estimate of drug-likeness (QED) is 0.267. The van der Waals surface area contributed by atoms with Crippen LogP contribution in [0.5, 0.6) is 0 Å². The van der Waals surface area contributed by atoms with Crippen LogP contribution in [0.4, 0.5) is 0 Å². The average molecular weight is 459 g/mol. The lowest BCUT2D eigenvalue weighted by Crippen LogP contribution is -2.31. The maximum atomic E-state index is 2.54. The van der Waals surface area contributed by atoms with Crippen molar-refractivity contribution < 1.29 is 0 Å². The molecule has 2 heteroatoms. The SMILES string of the molecule is CCN(CC)Cc1cccc2c1C1(c3ccccc3-c3cccc(CN(C)C)c31)c1ccccc1-2. The Balaban J connectivity index is 1.77. The zero-order valence-electron chi connectivity index (χ0n) is 21.3. The van der Waals surface area contributed by atoms with Gasteiger partial charge in [0.25, 0.3) is 0 Å². The summed E-state index contributed by atoms with van der Waals surface area (Å²) < 4.78 is 0. The first-order valence-corrected chi connectivity index (χ1v) is 12.9. The molecule has 0 saturated heterocycles. The van der Waals surface area contributed by atoms with Crippen LogP contribution in [0, 0.1) is 0 Å². The molecule has 176 valence electrons. The van der Waals surface area contributed by atoms with E-state index in [9.17, 15) is 0 Å². The van der Waals surface area contributed by atoms with Gasteiger partial charge in [0, 0.05) is 13.1 Å². The summed E-state index contributed by atoms with van der Waals surface area (Å²) in [4.78, 5) is 4.84. The minimum atomic E-state index is -0.284. The Morgan fingerprint density at radius 3 is 1.49 bits per heavy atom. The minimum Gasteiger partial charge on any atom is -0.305 e. The van der Waals surface area contributed by atoms with Gasteiger partial charge in [0.15, 0.2) is 0 Å². The number of hydrogen-bond donors (Lipinski definition) is 0. The van der Waals surface area contributed by atoms with Crippen LogP contribution in [0.15, 0.2) is 84.9 Å². The van der Waals surface area contributed by atoms with Gasteiger partial charge in [-0.2, -0.15) is 0 Å². The Hall–Kier alpha value is -3.20. The van der Waals surface area contributed by atoms with Gasteiger partial charge in [0.05, 0.1) is 5.41 Å². The lowest BCUT2D eigenvalue weighted by Gasteiger charge is -2.35. The summed E-state index contributed by atoms with van der Waals surface area (Å²) in [6.45, 7) is 8.55. The van der Waals surface area contributed by atoms with Gasteiger partial charge < -0.3 is 4.90 Å². The van der Waals surface area contributed by atoms with E-state index < -0.39 is 0 Å². The first kappa shape index (κ1) is 22.3. The minimum absolute atomic E-state index is 0.284. The zero-order chi connectivity index (χ0) is 24.2. The van der Waals surface area contributed by atoms with E-state index in [4.69, 9.17) is 0 Å². The average Bonchev–Trinajstić information content (AvgIpc) is 3.35. The van der Waals surface area contributed by atoms with Crippen LogP contribution in [0.25, 0.3) is 22.3 Å². The summed E-state index contributed by atoms with van der Waals surface area (Å²) in [6, 6.07) is 32.2. The second kappa shape index (κ2) is 8.48. The molecule has 2 aliphatic rings. The van der Waals surface area contributed by atoms with E-state index in [1.54, 1.807) is 0 Å². The predicted molar refractivity (Wildman–Crippen MR) is 147 cm³/mol. The van der Waals surface area contributed by atoms with Crippen LogP contribution in [0.3, 0.4) is 0 Å². The Kier molecular flexibility index (Phi) is 5.40. The van der Waals surface area contributed by atoms with Crippen molar-refractivity contribution in [2.24, 2.45) is 0 Å². The molecule has 0 bridgehead atoms. The van der Waals surface area contributed by atoms with Crippen LogP contribution >= 0.6 is 0 Å². The van der Waals surface area contributed by atoms with E-state index in [1.165, 1.54) is 55.6 Å². The topological polar surface area (TPSA) is 6.48 Å². The van der Waals surface area contributed by atoms with Crippen molar-refractivity contribution in [2.45, 2.75) is 32.4 Å². The second-order valence-corrected chi connectivity index (χ2v) is 10.2. The summed E-state index contributed by atoms with van der Waals surface area (Å²) in [6.07, 6.45) is 0. The van der Waals surface area contributed by atoms with Crippen LogP contribution in [-0.2, 0) is 18.5 Å². The predicted octanol–water partition coefficient (Wildman–Crippen LogP) is 6.93. The van der Waals surface area contributed by atoms with Crippen LogP contribution in [0.2, 0.25) is 0 Å². The van der Waals surface area contributed by atoms with Crippen molar-refractivity contribution in [2.75, 3.05) is 27.2 Å². The van der Waals surface area contributed by atoms with Gasteiger partial charge >= 0.3 is 0 Å². The molecular formula is C33H34N2. The summed E-state index contributed by atoms with van der Waals surface area (Å²) in [5.41, 5.74) is 14.0. The van der Waals surface area contributed by atoms with E-state index in [0.717, 1.165) is 26.2 Å². The monoisotopic (exact) mass is 458 g/mol. The van der Waals surface area contributed by atoms with E-state index in [1.807, 2.05) is 0 Å². The molecule has 0 saturated carbocycles. The Morgan fingerprint density at radius 2 is 1.00 bits per heavy atom. The third-order valence-corrected chi connectivity index (χ3v) is 8.07. The van der Waals surface area contributed by atoms with Gasteiger partial charge in [0.2, 0.25) is 0 Å². The maximum absolute atomic E-state index is 2.54. The van der Waals surface area contributed by atoms with Crippen LogP contribution < -0.4 is 0 Å². The van der Waals surface area contributed by atoms with Crippen molar-refractivity contribution in [1.29, 1.82) is 0 Å². The molecule has 4 aromatic carbocycles. The molecular weight excluding hydrogens is 424 g/mol. The largest absolute Gasteiger partial charge is 0.305 e. The van der Waals surface area contributed by atoms with Gasteiger partial charge in [0.1, 0.15) is 0 Å². The fraction of sp³-hybridized carbons (Fsp3) is 0.273. The van der Waals surface area contributed by atoms with Gasteiger partial charge in [-0.1, -0.05) is 98.8 Å². The highest BCUT2D eigenvalue weighted by molar-refractivity contribution is 5.96. The fourth-order valence-electron chi connectivity index (χ4n) is 6.73. The second-order valence-electron chi connectivity index (χ2n) is 10.2. The molecule has 2 nitrogen and oxygen atoms in total. The molecule has 0 fully saturated rings. The Bertz CT molecular complexity index is 1400. The number of rotatable bonds is 6. The Labute approximate surface area is 209 Å². The molecule has 0 heterocycles. The molecule has 1 spiro atoms. The first-order valence-electron chi connectivity index (χ1n) is 12.9. The lowest BCUT2D eigenvalue weighted by atomic mass is 9.68. The van der Waals surface area contributed by atoms with E-state index in [-0.39, 0.29) is 5.41 Å². The fourth-order valence-corrected chi connectivity index (χ4v) is 6.73. The van der Waals surface area contributed by atoms with E-state index in [2.05, 4.69) is 123 Å². The summed E-state index contributed by atoms with van der Waals surface area (Å²) in [5, 5.41) is 0. The number of nitrogens with zero attached hydrogens (tertiary/aromatic N) is 2. The molecule has 0 N–H and O–H groups in total. The van der Waals surface area contributed by atoms with Crippen molar-refractivity contribution in [3.8, 4) is 22.3 Å². The molecule has 35 heavy (non-hydrogen) atoms. The van der Waals surface area contributed by atoms with E-state index in [0.29, 0.717) is 0 Å². The maximum Gasteiger partial charge on any atom is 0.0731 e. The van der Waals surface area contributed by atoms with Gasteiger partial charge in [-0.3, -0.25) is 4.90 Å². The highest BCUT2D eigenvalue weighted by Gasteiger charge is 2.53. The van der Waals surface area contributed by atoms with Crippen LogP contribution in [0.1, 0.15) is 47.2 Å². The van der Waals surface area contributed by atoms with Crippen molar-refractivity contribution in [3.63, 3.8) is 0 Å². The molecule has 0 aromatic heterocycles. The van der Waals surface area contributed by atoms with Crippen molar-refractivity contribution >= 4 is 0 Å². The Morgan fingerprint density at radius 1 is 0.543 bits per heavy atom. The normalized spacial score (nSPS) is 17.1. The smallest absolute Gasteiger partial charge is 0.0731 e. The summed E-state index contributed by atoms with van der Waals surface area (Å²) >= 11 is 0. The van der Waals surface area contributed by atoms with E-state index >= 15 is 0 Å².